The van der Waals surface area contributed by atoms with Crippen molar-refractivity contribution < 1.29 is 19.4 Å². The third-order valence-electron chi connectivity index (χ3n) is 6.23. The molecule has 35 heavy (non-hydrogen) atoms. The van der Waals surface area contributed by atoms with Gasteiger partial charge in [-0.25, -0.2) is 4.79 Å². The quantitative estimate of drug-likeness (QED) is 0.457. The lowest BCUT2D eigenvalue weighted by atomic mass is 9.62. The van der Waals surface area contributed by atoms with Crippen LogP contribution in [0.25, 0.3) is 6.08 Å². The summed E-state index contributed by atoms with van der Waals surface area (Å²) in [7, 11) is 0. The number of hydrogen-bond acceptors (Lipinski definition) is 5. The van der Waals surface area contributed by atoms with Crippen molar-refractivity contribution in [3.8, 4) is 17.9 Å². The third-order valence-corrected chi connectivity index (χ3v) is 6.23. The van der Waals surface area contributed by atoms with Gasteiger partial charge in [-0.15, -0.1) is 0 Å². The second-order valence-electron chi connectivity index (χ2n) is 8.39. The minimum Gasteiger partial charge on any atom is -0.478 e. The highest BCUT2D eigenvalue weighted by molar-refractivity contribution is 5.92. The Hall–Kier alpha value is -4.29. The van der Waals surface area contributed by atoms with Gasteiger partial charge in [-0.2, -0.15) is 5.26 Å². The summed E-state index contributed by atoms with van der Waals surface area (Å²) in [5.41, 5.74) is 0.775. The lowest BCUT2D eigenvalue weighted by Crippen LogP contribution is -2.57. The number of carbonyl (C=O) groups is 2. The van der Waals surface area contributed by atoms with E-state index in [2.05, 4.69) is 23.2 Å². The van der Waals surface area contributed by atoms with Crippen molar-refractivity contribution in [1.29, 1.82) is 5.26 Å². The molecule has 0 bridgehead atoms. The number of esters is 1. The number of carboxylic acids is 1. The number of hydrogen-bond donors (Lipinski definition) is 2. The van der Waals surface area contributed by atoms with Gasteiger partial charge in [0.1, 0.15) is 12.0 Å². The minimum atomic E-state index is -1.36. The number of nitrogens with one attached hydrogen (secondary N) is 1. The number of nitriles is 1. The van der Waals surface area contributed by atoms with Crippen molar-refractivity contribution in [2.75, 3.05) is 6.61 Å². The molecular formula is C29H28N2O4. The zero-order valence-electron chi connectivity index (χ0n) is 19.8. The van der Waals surface area contributed by atoms with Crippen LogP contribution in [0, 0.1) is 34.5 Å². The first kappa shape index (κ1) is 25.3. The van der Waals surface area contributed by atoms with E-state index >= 15 is 0 Å². The first-order valence-electron chi connectivity index (χ1n) is 11.4. The van der Waals surface area contributed by atoms with E-state index in [9.17, 15) is 20.0 Å². The standard InChI is InChI=1S/C29H28N2O4/c1-21-26(27(32)33)25(17-16-24-13-7-4-8-14-24)29(18-10-19-30,22(2)31-21)28(34)35-20-9-15-23-11-5-3-6-12-23/h3-9,11-15,22,25,31H,10,18,20H2,1-2H3,(H,32,33). The molecule has 0 saturated heterocycles. The van der Waals surface area contributed by atoms with Crippen LogP contribution in [-0.4, -0.2) is 29.7 Å². The first-order valence-corrected chi connectivity index (χ1v) is 11.4. The lowest BCUT2D eigenvalue weighted by Gasteiger charge is -2.45. The average Bonchev–Trinajstić information content (AvgIpc) is 2.85. The van der Waals surface area contributed by atoms with Crippen LogP contribution in [0.2, 0.25) is 0 Å². The van der Waals surface area contributed by atoms with Gasteiger partial charge in [0.15, 0.2) is 0 Å². The van der Waals surface area contributed by atoms with E-state index in [-0.39, 0.29) is 25.0 Å². The van der Waals surface area contributed by atoms with Crippen molar-refractivity contribution in [2.45, 2.75) is 32.7 Å². The van der Waals surface area contributed by atoms with Gasteiger partial charge in [0.2, 0.25) is 0 Å². The van der Waals surface area contributed by atoms with E-state index < -0.39 is 29.3 Å². The molecule has 3 rings (SSSR count). The van der Waals surface area contributed by atoms with Crippen LogP contribution in [0.3, 0.4) is 0 Å². The van der Waals surface area contributed by atoms with Crippen molar-refractivity contribution in [2.24, 2.45) is 11.3 Å². The topological polar surface area (TPSA) is 99.4 Å². The van der Waals surface area contributed by atoms with Crippen LogP contribution < -0.4 is 5.32 Å². The van der Waals surface area contributed by atoms with Crippen LogP contribution in [0.5, 0.6) is 0 Å². The van der Waals surface area contributed by atoms with E-state index in [1.807, 2.05) is 66.7 Å². The highest BCUT2D eigenvalue weighted by Gasteiger charge is 2.55. The number of allylic oxidation sites excluding steroid dienone is 1. The average molecular weight is 469 g/mol. The maximum Gasteiger partial charge on any atom is 0.334 e. The Morgan fingerprint density at radius 3 is 2.43 bits per heavy atom. The largest absolute Gasteiger partial charge is 0.478 e. The van der Waals surface area contributed by atoms with Gasteiger partial charge in [0.25, 0.3) is 0 Å². The van der Waals surface area contributed by atoms with E-state index in [1.165, 1.54) is 0 Å². The van der Waals surface area contributed by atoms with Gasteiger partial charge < -0.3 is 15.2 Å². The number of benzene rings is 2. The number of carboxylic acid groups (broad SMARTS) is 1. The minimum absolute atomic E-state index is 0.0126. The van der Waals surface area contributed by atoms with Gasteiger partial charge in [-0.1, -0.05) is 66.4 Å². The molecule has 1 aliphatic heterocycles. The van der Waals surface area contributed by atoms with Gasteiger partial charge >= 0.3 is 11.9 Å². The molecule has 6 nitrogen and oxygen atoms in total. The smallest absolute Gasteiger partial charge is 0.334 e. The van der Waals surface area contributed by atoms with Crippen molar-refractivity contribution >= 4 is 18.0 Å². The van der Waals surface area contributed by atoms with Crippen LogP contribution in [-0.2, 0) is 14.3 Å². The van der Waals surface area contributed by atoms with Crippen molar-refractivity contribution in [3.05, 3.63) is 89.1 Å². The maximum absolute atomic E-state index is 13.7. The van der Waals surface area contributed by atoms with Crippen LogP contribution >= 0.6 is 0 Å². The SMILES string of the molecule is CC1=C(C(=O)O)C(C#Cc2ccccc2)C(CCC#N)(C(=O)OCC=Cc2ccccc2)C(C)N1. The molecule has 1 heterocycles. The van der Waals surface area contributed by atoms with Gasteiger partial charge in [-0.3, -0.25) is 4.79 Å². The molecule has 2 N–H and O–H groups in total. The number of ether oxygens (including phenoxy) is 1. The molecule has 3 atom stereocenters. The van der Waals surface area contributed by atoms with Gasteiger partial charge in [0, 0.05) is 23.7 Å². The molecule has 1 aliphatic rings. The fraction of sp³-hybridized carbons (Fsp3) is 0.276. The summed E-state index contributed by atoms with van der Waals surface area (Å²) < 4.78 is 5.66. The molecule has 6 heteroatoms. The fourth-order valence-corrected chi connectivity index (χ4v) is 4.44. The monoisotopic (exact) mass is 468 g/mol. The Labute approximate surface area is 205 Å². The predicted octanol–water partition coefficient (Wildman–Crippen LogP) is 4.55. The second-order valence-corrected chi connectivity index (χ2v) is 8.39. The van der Waals surface area contributed by atoms with E-state index in [0.717, 1.165) is 5.56 Å². The van der Waals surface area contributed by atoms with E-state index in [4.69, 9.17) is 4.74 Å². The summed E-state index contributed by atoms with van der Waals surface area (Å²) in [6.45, 7) is 3.48. The zero-order chi connectivity index (χ0) is 25.3. The normalized spacial score (nSPS) is 21.4. The molecule has 0 amide bonds. The molecule has 178 valence electrons. The van der Waals surface area contributed by atoms with Crippen LogP contribution in [0.1, 0.15) is 37.8 Å². The highest BCUT2D eigenvalue weighted by Crippen LogP contribution is 2.45. The van der Waals surface area contributed by atoms with Gasteiger partial charge in [-0.05, 0) is 44.0 Å². The molecule has 2 aromatic carbocycles. The zero-order valence-corrected chi connectivity index (χ0v) is 19.8. The molecule has 0 radical (unpaired) electrons. The fourth-order valence-electron chi connectivity index (χ4n) is 4.44. The van der Waals surface area contributed by atoms with Crippen LogP contribution in [0.15, 0.2) is 78.0 Å². The van der Waals surface area contributed by atoms with Crippen molar-refractivity contribution in [3.63, 3.8) is 0 Å². The summed E-state index contributed by atoms with van der Waals surface area (Å²) >= 11 is 0. The molecule has 2 aromatic rings. The summed E-state index contributed by atoms with van der Waals surface area (Å²) in [6.07, 6.45) is 3.74. The number of carbonyl (C=O) groups excluding carboxylic acids is 1. The molecule has 0 aliphatic carbocycles. The Balaban J connectivity index is 2.00. The Kier molecular flexibility index (Phi) is 8.48. The Morgan fingerprint density at radius 1 is 1.14 bits per heavy atom. The molecule has 0 aromatic heterocycles. The summed E-state index contributed by atoms with van der Waals surface area (Å²) in [6, 6.07) is 20.4. The third kappa shape index (κ3) is 5.80. The summed E-state index contributed by atoms with van der Waals surface area (Å²) in [5, 5.41) is 22.5. The molecule has 0 saturated carbocycles. The predicted molar refractivity (Wildman–Crippen MR) is 133 cm³/mol. The second kappa shape index (κ2) is 11.7. The number of nitrogens with zero attached hydrogens (tertiary/aromatic N) is 1. The van der Waals surface area contributed by atoms with Crippen molar-refractivity contribution in [1.82, 2.24) is 5.32 Å². The molecule has 0 fully saturated rings. The molecule has 0 spiro atoms. The first-order chi connectivity index (χ1) is 16.9. The van der Waals surface area contributed by atoms with E-state index in [0.29, 0.717) is 11.3 Å². The highest BCUT2D eigenvalue weighted by atomic mass is 16.5. The summed E-state index contributed by atoms with van der Waals surface area (Å²) in [4.78, 5) is 26.0. The Bertz CT molecular complexity index is 1220. The van der Waals surface area contributed by atoms with E-state index in [1.54, 1.807) is 19.9 Å². The molecule has 3 unspecified atom stereocenters. The summed E-state index contributed by atoms with van der Waals surface area (Å²) in [5.74, 6) is 3.40. The van der Waals surface area contributed by atoms with Crippen LogP contribution in [0.4, 0.5) is 0 Å². The number of aliphatic carboxylic acids is 1. The molecular weight excluding hydrogens is 440 g/mol. The lowest BCUT2D eigenvalue weighted by molar-refractivity contribution is -0.159. The van der Waals surface area contributed by atoms with Gasteiger partial charge in [0.05, 0.1) is 17.6 Å². The Morgan fingerprint density at radius 2 is 1.80 bits per heavy atom. The number of rotatable bonds is 7. The maximum atomic E-state index is 13.7.